The van der Waals surface area contributed by atoms with Crippen molar-refractivity contribution >= 4 is 45.0 Å². The van der Waals surface area contributed by atoms with E-state index in [2.05, 4.69) is 31.1 Å². The molecule has 1 saturated heterocycles. The third-order valence-electron chi connectivity index (χ3n) is 6.56. The van der Waals surface area contributed by atoms with E-state index in [4.69, 9.17) is 5.73 Å². The highest BCUT2D eigenvalue weighted by Crippen LogP contribution is 2.39. The monoisotopic (exact) mass is 498 g/mol. The quantitative estimate of drug-likeness (QED) is 0.229. The van der Waals surface area contributed by atoms with Gasteiger partial charge in [0, 0.05) is 39.2 Å². The standard InChI is InChI=1S/C25H31BrN4O2/c1-16-23(25(32)28-10-5-13-30-11-2-3-12-30)19-7-4-6-18(24(19)29-16)21(15-31)20-14-17(26)8-9-22(20)27/h8-9,14-15,29H,2-7,10-13,27H2,1H3,(H,28,32)/b21-18+. The molecule has 6 nitrogen and oxygen atoms in total. The van der Waals surface area contributed by atoms with Crippen molar-refractivity contribution in [2.75, 3.05) is 31.9 Å². The van der Waals surface area contributed by atoms with E-state index in [1.165, 1.54) is 25.9 Å². The molecule has 0 radical (unpaired) electrons. The number of anilines is 1. The fraction of sp³-hybridized carbons (Fsp3) is 0.440. The molecule has 1 aromatic carbocycles. The van der Waals surface area contributed by atoms with Crippen LogP contribution in [0.15, 0.2) is 22.7 Å². The SMILES string of the molecule is Cc1[nH]c2c(c1C(=O)NCCCN1CCCC1)CCC/C2=C(/C=O)c1cc(Br)ccc1N. The van der Waals surface area contributed by atoms with Gasteiger partial charge in [-0.15, -0.1) is 0 Å². The number of nitrogen functional groups attached to an aromatic ring is 1. The fourth-order valence-corrected chi connectivity index (χ4v) is 5.35. The van der Waals surface area contributed by atoms with Crippen LogP contribution in [0.5, 0.6) is 0 Å². The van der Waals surface area contributed by atoms with Gasteiger partial charge in [0.1, 0.15) is 0 Å². The van der Waals surface area contributed by atoms with E-state index in [9.17, 15) is 9.59 Å². The van der Waals surface area contributed by atoms with Crippen molar-refractivity contribution in [2.24, 2.45) is 0 Å². The number of aromatic amines is 1. The number of H-pyrrole nitrogens is 1. The molecule has 0 spiro atoms. The van der Waals surface area contributed by atoms with Crippen molar-refractivity contribution in [3.63, 3.8) is 0 Å². The molecule has 1 aliphatic heterocycles. The molecule has 32 heavy (non-hydrogen) atoms. The third-order valence-corrected chi connectivity index (χ3v) is 7.05. The lowest BCUT2D eigenvalue weighted by molar-refractivity contribution is -0.103. The lowest BCUT2D eigenvalue weighted by atomic mass is 9.85. The second kappa shape index (κ2) is 10.0. The first kappa shape index (κ1) is 22.8. The van der Waals surface area contributed by atoms with Gasteiger partial charge in [0.05, 0.1) is 5.56 Å². The molecule has 2 heterocycles. The Morgan fingerprint density at radius 2 is 2.03 bits per heavy atom. The van der Waals surface area contributed by atoms with Crippen LogP contribution < -0.4 is 11.1 Å². The number of nitrogens with one attached hydrogen (secondary N) is 2. The first-order chi connectivity index (χ1) is 15.5. The van der Waals surface area contributed by atoms with Gasteiger partial charge in [-0.25, -0.2) is 0 Å². The fourth-order valence-electron chi connectivity index (χ4n) is 4.99. The number of benzene rings is 1. The third kappa shape index (κ3) is 4.69. The van der Waals surface area contributed by atoms with E-state index in [1.807, 2.05) is 19.1 Å². The van der Waals surface area contributed by atoms with Gasteiger partial charge >= 0.3 is 0 Å². The Labute approximate surface area is 197 Å². The summed E-state index contributed by atoms with van der Waals surface area (Å²) in [5.74, 6) is -0.0303. The van der Waals surface area contributed by atoms with E-state index in [0.29, 0.717) is 17.8 Å². The van der Waals surface area contributed by atoms with Crippen molar-refractivity contribution in [3.05, 3.63) is 50.8 Å². The number of rotatable bonds is 7. The predicted octanol–water partition coefficient (Wildman–Crippen LogP) is 4.33. The van der Waals surface area contributed by atoms with E-state index in [1.54, 1.807) is 6.07 Å². The summed E-state index contributed by atoms with van der Waals surface area (Å²) in [6.07, 6.45) is 6.89. The molecule has 0 bridgehead atoms. The molecule has 1 fully saturated rings. The molecule has 4 rings (SSSR count). The number of nitrogens with zero attached hydrogens (tertiary/aromatic N) is 1. The number of aromatic nitrogens is 1. The summed E-state index contributed by atoms with van der Waals surface area (Å²) in [7, 11) is 0. The van der Waals surface area contributed by atoms with Crippen molar-refractivity contribution in [2.45, 2.75) is 45.4 Å². The highest BCUT2D eigenvalue weighted by atomic mass is 79.9. The number of fused-ring (bicyclic) bond motifs is 1. The summed E-state index contributed by atoms with van der Waals surface area (Å²) in [5.41, 5.74) is 12.5. The van der Waals surface area contributed by atoms with Gasteiger partial charge in [-0.2, -0.15) is 0 Å². The van der Waals surface area contributed by atoms with E-state index >= 15 is 0 Å². The first-order valence-corrected chi connectivity index (χ1v) is 12.2. The molecule has 0 atom stereocenters. The van der Waals surface area contributed by atoms with Gasteiger partial charge in [0.15, 0.2) is 6.29 Å². The Bertz CT molecular complexity index is 1050. The van der Waals surface area contributed by atoms with Gasteiger partial charge in [-0.1, -0.05) is 15.9 Å². The highest BCUT2D eigenvalue weighted by Gasteiger charge is 2.28. The van der Waals surface area contributed by atoms with Gasteiger partial charge < -0.3 is 20.9 Å². The molecule has 0 unspecified atom stereocenters. The summed E-state index contributed by atoms with van der Waals surface area (Å²) in [6.45, 7) is 5.99. The normalized spacial score (nSPS) is 17.8. The number of carbonyl (C=O) groups excluding carboxylic acids is 2. The molecule has 1 amide bonds. The van der Waals surface area contributed by atoms with Crippen LogP contribution in [0.4, 0.5) is 5.69 Å². The van der Waals surface area contributed by atoms with E-state index in [-0.39, 0.29) is 5.91 Å². The number of halogens is 1. The first-order valence-electron chi connectivity index (χ1n) is 11.5. The van der Waals surface area contributed by atoms with Crippen molar-refractivity contribution in [3.8, 4) is 0 Å². The summed E-state index contributed by atoms with van der Waals surface area (Å²) in [4.78, 5) is 31.1. The number of aldehydes is 1. The van der Waals surface area contributed by atoms with Crippen LogP contribution in [0, 0.1) is 6.92 Å². The Morgan fingerprint density at radius 3 is 2.78 bits per heavy atom. The minimum atomic E-state index is -0.0303. The van der Waals surface area contributed by atoms with Crippen LogP contribution in [0.2, 0.25) is 0 Å². The minimum Gasteiger partial charge on any atom is -0.398 e. The van der Waals surface area contributed by atoms with Crippen LogP contribution in [0.1, 0.15) is 65.0 Å². The maximum Gasteiger partial charge on any atom is 0.253 e. The molecule has 1 aliphatic carbocycles. The molecule has 7 heteroatoms. The number of nitrogens with two attached hydrogens (primary N) is 1. The van der Waals surface area contributed by atoms with Gasteiger partial charge in [-0.3, -0.25) is 9.59 Å². The Balaban J connectivity index is 1.58. The number of carbonyl (C=O) groups is 2. The molecular formula is C25H31BrN4O2. The van der Waals surface area contributed by atoms with Crippen LogP contribution >= 0.6 is 15.9 Å². The van der Waals surface area contributed by atoms with Crippen LogP contribution in [0.25, 0.3) is 11.1 Å². The maximum atomic E-state index is 13.1. The van der Waals surface area contributed by atoms with Gasteiger partial charge in [0.25, 0.3) is 5.91 Å². The zero-order chi connectivity index (χ0) is 22.7. The Kier molecular flexibility index (Phi) is 7.16. The van der Waals surface area contributed by atoms with Crippen LogP contribution in [0.3, 0.4) is 0 Å². The topological polar surface area (TPSA) is 91.2 Å². The highest BCUT2D eigenvalue weighted by molar-refractivity contribution is 9.10. The summed E-state index contributed by atoms with van der Waals surface area (Å²) < 4.78 is 0.870. The average molecular weight is 499 g/mol. The summed E-state index contributed by atoms with van der Waals surface area (Å²) in [5, 5.41) is 3.11. The summed E-state index contributed by atoms with van der Waals surface area (Å²) in [6, 6.07) is 5.54. The van der Waals surface area contributed by atoms with Crippen LogP contribution in [-0.4, -0.2) is 48.3 Å². The average Bonchev–Trinajstić information content (AvgIpc) is 3.41. The van der Waals surface area contributed by atoms with Crippen molar-refractivity contribution < 1.29 is 9.59 Å². The van der Waals surface area contributed by atoms with Gasteiger partial charge in [-0.05, 0) is 94.4 Å². The zero-order valence-corrected chi connectivity index (χ0v) is 20.2. The molecule has 4 N–H and O–H groups in total. The second-order valence-electron chi connectivity index (χ2n) is 8.73. The molecular weight excluding hydrogens is 468 g/mol. The molecule has 170 valence electrons. The maximum absolute atomic E-state index is 13.1. The van der Waals surface area contributed by atoms with Crippen LogP contribution in [-0.2, 0) is 11.2 Å². The van der Waals surface area contributed by atoms with E-state index in [0.717, 1.165) is 76.6 Å². The number of likely N-dealkylation sites (tertiary alicyclic amines) is 1. The largest absolute Gasteiger partial charge is 0.398 e. The Hall–Kier alpha value is -2.38. The number of aryl methyl sites for hydroxylation is 1. The molecule has 2 aliphatic rings. The molecule has 0 saturated carbocycles. The van der Waals surface area contributed by atoms with Crippen molar-refractivity contribution in [1.29, 1.82) is 0 Å². The molecule has 2 aromatic rings. The second-order valence-corrected chi connectivity index (χ2v) is 9.65. The predicted molar refractivity (Wildman–Crippen MR) is 133 cm³/mol. The van der Waals surface area contributed by atoms with Crippen molar-refractivity contribution in [1.82, 2.24) is 15.2 Å². The zero-order valence-electron chi connectivity index (χ0n) is 18.6. The van der Waals surface area contributed by atoms with Gasteiger partial charge in [0.2, 0.25) is 0 Å². The van der Waals surface area contributed by atoms with E-state index < -0.39 is 0 Å². The number of allylic oxidation sites excluding steroid dienone is 2. The number of amides is 1. The minimum absolute atomic E-state index is 0.0303. The number of hydrogen-bond acceptors (Lipinski definition) is 4. The Morgan fingerprint density at radius 1 is 1.25 bits per heavy atom. The lowest BCUT2D eigenvalue weighted by Gasteiger charge is -2.20. The lowest BCUT2D eigenvalue weighted by Crippen LogP contribution is -2.29. The number of hydrogen-bond donors (Lipinski definition) is 3. The summed E-state index contributed by atoms with van der Waals surface area (Å²) >= 11 is 3.48. The molecule has 1 aromatic heterocycles. The smallest absolute Gasteiger partial charge is 0.253 e.